The number of aromatic nitrogens is 3. The van der Waals surface area contributed by atoms with E-state index in [0.717, 1.165) is 24.0 Å². The number of guanidine groups is 1. The van der Waals surface area contributed by atoms with Crippen molar-refractivity contribution in [3.63, 3.8) is 0 Å². The molecule has 0 atom stereocenters. The lowest BCUT2D eigenvalue weighted by molar-refractivity contribution is 0.613. The van der Waals surface area contributed by atoms with Crippen LogP contribution >= 0.6 is 0 Å². The van der Waals surface area contributed by atoms with Crippen molar-refractivity contribution in [2.75, 3.05) is 13.6 Å². The lowest BCUT2D eigenvalue weighted by Crippen LogP contribution is -2.38. The van der Waals surface area contributed by atoms with E-state index in [2.05, 4.69) is 39.7 Å². The maximum Gasteiger partial charge on any atom is 0.191 e. The first-order valence-electron chi connectivity index (χ1n) is 6.44. The Labute approximate surface area is 113 Å². The number of hydrogen-bond donors (Lipinski definition) is 2. The third kappa shape index (κ3) is 3.43. The molecule has 0 unspecified atom stereocenters. The van der Waals surface area contributed by atoms with Crippen LogP contribution in [-0.2, 0) is 6.54 Å². The first-order chi connectivity index (χ1) is 9.20. The molecule has 0 fully saturated rings. The van der Waals surface area contributed by atoms with E-state index in [4.69, 9.17) is 0 Å². The van der Waals surface area contributed by atoms with E-state index in [1.54, 1.807) is 7.05 Å². The highest BCUT2D eigenvalue weighted by Gasteiger charge is 2.05. The zero-order valence-electron chi connectivity index (χ0n) is 11.6. The first-order valence-corrected chi connectivity index (χ1v) is 6.44. The van der Waals surface area contributed by atoms with E-state index in [9.17, 15) is 0 Å². The van der Waals surface area contributed by atoms with E-state index < -0.39 is 0 Å². The lowest BCUT2D eigenvalue weighted by Gasteiger charge is -2.12. The largest absolute Gasteiger partial charge is 0.356 e. The SMILES string of the molecule is CN=C(NCc1nnc2ccccn12)NCC(C)C. The van der Waals surface area contributed by atoms with Crippen molar-refractivity contribution in [2.45, 2.75) is 20.4 Å². The normalized spacial score (nSPS) is 12.1. The molecule has 0 aliphatic rings. The third-order valence-electron chi connectivity index (χ3n) is 2.70. The standard InChI is InChI=1S/C13H20N6/c1-10(2)8-15-13(14-3)16-9-12-18-17-11-6-4-5-7-19(11)12/h4-7,10H,8-9H2,1-3H3,(H2,14,15,16). The minimum atomic E-state index is 0.576. The number of aliphatic imine (C=N–C) groups is 1. The van der Waals surface area contributed by atoms with Gasteiger partial charge in [-0.25, -0.2) is 0 Å². The highest BCUT2D eigenvalue weighted by molar-refractivity contribution is 5.79. The Morgan fingerprint density at radius 1 is 1.32 bits per heavy atom. The fraction of sp³-hybridized carbons (Fsp3) is 0.462. The van der Waals surface area contributed by atoms with Crippen LogP contribution in [-0.4, -0.2) is 34.2 Å². The molecule has 0 bridgehead atoms. The summed E-state index contributed by atoms with van der Waals surface area (Å²) in [5, 5.41) is 14.8. The van der Waals surface area contributed by atoms with Crippen LogP contribution in [0, 0.1) is 5.92 Å². The van der Waals surface area contributed by atoms with Crippen LogP contribution in [0.4, 0.5) is 0 Å². The molecular weight excluding hydrogens is 240 g/mol. The molecule has 0 spiro atoms. The summed E-state index contributed by atoms with van der Waals surface area (Å²) in [6.07, 6.45) is 1.96. The van der Waals surface area contributed by atoms with Gasteiger partial charge in [0, 0.05) is 19.8 Å². The van der Waals surface area contributed by atoms with Crippen molar-refractivity contribution in [1.82, 2.24) is 25.2 Å². The molecule has 0 aromatic carbocycles. The van der Waals surface area contributed by atoms with Gasteiger partial charge < -0.3 is 10.6 Å². The molecule has 2 rings (SSSR count). The molecule has 2 aromatic heterocycles. The van der Waals surface area contributed by atoms with Gasteiger partial charge in [0.1, 0.15) is 0 Å². The van der Waals surface area contributed by atoms with Gasteiger partial charge in [-0.3, -0.25) is 9.39 Å². The average Bonchev–Trinajstić information content (AvgIpc) is 2.82. The van der Waals surface area contributed by atoms with Crippen molar-refractivity contribution in [3.8, 4) is 0 Å². The van der Waals surface area contributed by atoms with E-state index in [1.165, 1.54) is 0 Å². The molecule has 102 valence electrons. The Morgan fingerprint density at radius 2 is 2.16 bits per heavy atom. The van der Waals surface area contributed by atoms with Crippen molar-refractivity contribution in [2.24, 2.45) is 10.9 Å². The van der Waals surface area contributed by atoms with E-state index in [-0.39, 0.29) is 0 Å². The Hall–Kier alpha value is -2.11. The maximum atomic E-state index is 4.18. The number of fused-ring (bicyclic) bond motifs is 1. The topological polar surface area (TPSA) is 66.6 Å². The summed E-state index contributed by atoms with van der Waals surface area (Å²) in [4.78, 5) is 4.18. The second-order valence-electron chi connectivity index (χ2n) is 4.75. The first kappa shape index (κ1) is 13.3. The second-order valence-corrected chi connectivity index (χ2v) is 4.75. The number of rotatable bonds is 4. The number of nitrogens with zero attached hydrogens (tertiary/aromatic N) is 4. The van der Waals surface area contributed by atoms with Crippen molar-refractivity contribution >= 4 is 11.6 Å². The van der Waals surface area contributed by atoms with E-state index in [0.29, 0.717) is 12.5 Å². The zero-order valence-corrected chi connectivity index (χ0v) is 11.6. The van der Waals surface area contributed by atoms with Crippen LogP contribution in [0.3, 0.4) is 0 Å². The minimum Gasteiger partial charge on any atom is -0.356 e. The molecular formula is C13H20N6. The van der Waals surface area contributed by atoms with Crippen LogP contribution in [0.5, 0.6) is 0 Å². The Kier molecular flexibility index (Phi) is 4.33. The molecule has 0 amide bonds. The highest BCUT2D eigenvalue weighted by Crippen LogP contribution is 2.02. The van der Waals surface area contributed by atoms with Gasteiger partial charge in [0.25, 0.3) is 0 Å². The quantitative estimate of drug-likeness (QED) is 0.637. The van der Waals surface area contributed by atoms with Crippen molar-refractivity contribution in [3.05, 3.63) is 30.2 Å². The van der Waals surface area contributed by atoms with Gasteiger partial charge in [-0.2, -0.15) is 0 Å². The Bertz CT molecular complexity index is 557. The predicted molar refractivity (Wildman–Crippen MR) is 76.0 cm³/mol. The summed E-state index contributed by atoms with van der Waals surface area (Å²) in [5.74, 6) is 2.22. The number of nitrogens with one attached hydrogen (secondary N) is 2. The number of hydrogen-bond acceptors (Lipinski definition) is 3. The summed E-state index contributed by atoms with van der Waals surface area (Å²) in [7, 11) is 1.76. The summed E-state index contributed by atoms with van der Waals surface area (Å²) in [6.45, 7) is 5.79. The minimum absolute atomic E-state index is 0.576. The van der Waals surface area contributed by atoms with Gasteiger partial charge in [0.05, 0.1) is 6.54 Å². The second kappa shape index (κ2) is 6.17. The zero-order chi connectivity index (χ0) is 13.7. The molecule has 6 heteroatoms. The molecule has 2 heterocycles. The smallest absolute Gasteiger partial charge is 0.191 e. The Morgan fingerprint density at radius 3 is 2.89 bits per heavy atom. The molecule has 2 aromatic rings. The van der Waals surface area contributed by atoms with Crippen LogP contribution < -0.4 is 10.6 Å². The maximum absolute atomic E-state index is 4.18. The molecule has 0 saturated heterocycles. The van der Waals surface area contributed by atoms with Crippen LogP contribution in [0.25, 0.3) is 5.65 Å². The molecule has 6 nitrogen and oxygen atoms in total. The summed E-state index contributed by atoms with van der Waals surface area (Å²) in [6, 6.07) is 5.85. The van der Waals surface area contributed by atoms with Crippen molar-refractivity contribution < 1.29 is 0 Å². The molecule has 2 N–H and O–H groups in total. The average molecular weight is 260 g/mol. The van der Waals surface area contributed by atoms with Gasteiger partial charge in [-0.15, -0.1) is 10.2 Å². The van der Waals surface area contributed by atoms with E-state index >= 15 is 0 Å². The van der Waals surface area contributed by atoms with E-state index in [1.807, 2.05) is 28.8 Å². The van der Waals surface area contributed by atoms with Gasteiger partial charge >= 0.3 is 0 Å². The summed E-state index contributed by atoms with van der Waals surface area (Å²) >= 11 is 0. The molecule has 19 heavy (non-hydrogen) atoms. The monoisotopic (exact) mass is 260 g/mol. The molecule has 0 aliphatic carbocycles. The molecule has 0 radical (unpaired) electrons. The lowest BCUT2D eigenvalue weighted by atomic mass is 10.2. The summed E-state index contributed by atoms with van der Waals surface area (Å²) in [5.41, 5.74) is 0.851. The molecule has 0 aliphatic heterocycles. The van der Waals surface area contributed by atoms with Gasteiger partial charge in [0.15, 0.2) is 17.4 Å². The predicted octanol–water partition coefficient (Wildman–Crippen LogP) is 1.05. The van der Waals surface area contributed by atoms with Crippen LogP contribution in [0.1, 0.15) is 19.7 Å². The highest BCUT2D eigenvalue weighted by atomic mass is 15.3. The van der Waals surface area contributed by atoms with Gasteiger partial charge in [-0.1, -0.05) is 19.9 Å². The van der Waals surface area contributed by atoms with Crippen molar-refractivity contribution in [1.29, 1.82) is 0 Å². The van der Waals surface area contributed by atoms with Gasteiger partial charge in [-0.05, 0) is 18.1 Å². The molecule has 0 saturated carbocycles. The van der Waals surface area contributed by atoms with Crippen LogP contribution in [0.15, 0.2) is 29.4 Å². The number of pyridine rings is 1. The Balaban J connectivity index is 1.98. The third-order valence-corrected chi connectivity index (χ3v) is 2.70. The van der Waals surface area contributed by atoms with Gasteiger partial charge in [0.2, 0.25) is 0 Å². The van der Waals surface area contributed by atoms with Crippen LogP contribution in [0.2, 0.25) is 0 Å². The fourth-order valence-corrected chi connectivity index (χ4v) is 1.70. The summed E-state index contributed by atoms with van der Waals surface area (Å²) < 4.78 is 1.96. The fourth-order valence-electron chi connectivity index (χ4n) is 1.70.